The number of aliphatic hydroxyl groups excluding tert-OH is 1. The Labute approximate surface area is 286 Å². The number of carbonyl (C=O) groups is 1. The minimum Gasteiger partial charge on any atom is -0.495 e. The summed E-state index contributed by atoms with van der Waals surface area (Å²) in [6.45, 7) is 0.346. The van der Waals surface area contributed by atoms with Gasteiger partial charge in [-0.25, -0.2) is 9.37 Å². The maximum atomic E-state index is 15.8. The van der Waals surface area contributed by atoms with E-state index in [1.165, 1.54) is 29.9 Å². The fourth-order valence-corrected chi connectivity index (χ4v) is 7.99. The molecule has 0 atom stereocenters. The first kappa shape index (κ1) is 34.3. The second kappa shape index (κ2) is 13.6. The number of halogens is 6. The standard InChI is InChI=1S/C28H26F4I2N7O4P/c1-40-13-17-23(16-10-36-41(12-16)6-3-7-42)19(29)9-21(24(17)26(40)43)37-25-18(28(30,31)32)11-35-27(39-25)38-20-5-4-15(8-22(20)45-2)14-46(33,34)44/h4-5,8-12,42H,3,6-7,13-14H2,1-2H3,(H2,35,37,38,39). The topological polar surface area (TPSA) is 134 Å². The molecule has 0 fully saturated rings. The molecule has 0 radical (unpaired) electrons. The Kier molecular flexibility index (Phi) is 10.1. The van der Waals surface area contributed by atoms with Gasteiger partial charge in [0.1, 0.15) is 22.9 Å². The van der Waals surface area contributed by atoms with Gasteiger partial charge in [0, 0.05) is 101 Å². The molecule has 1 amide bonds. The summed E-state index contributed by atoms with van der Waals surface area (Å²) in [7, 11) is 2.91. The lowest BCUT2D eigenvalue weighted by atomic mass is 9.96. The number of aliphatic hydroxyl groups is 1. The predicted octanol–water partition coefficient (Wildman–Crippen LogP) is 7.52. The van der Waals surface area contributed by atoms with Crippen LogP contribution in [0.4, 0.5) is 40.7 Å². The average Bonchev–Trinajstić information content (AvgIpc) is 3.55. The molecule has 0 saturated carbocycles. The first-order chi connectivity index (χ1) is 21.7. The molecule has 0 unspecified atom stereocenters. The minimum absolute atomic E-state index is 0.00308. The van der Waals surface area contributed by atoms with E-state index in [1.54, 1.807) is 24.4 Å². The van der Waals surface area contributed by atoms with Crippen molar-refractivity contribution >= 4 is 75.6 Å². The molecule has 4 aromatic rings. The molecular formula is C28H26F4I2N7O4P. The molecule has 0 spiro atoms. The molecule has 0 bridgehead atoms. The summed E-state index contributed by atoms with van der Waals surface area (Å²) >= 11 is 3.77. The van der Waals surface area contributed by atoms with Crippen LogP contribution in [0.5, 0.6) is 5.75 Å². The highest BCUT2D eigenvalue weighted by Gasteiger charge is 2.37. The number of aryl methyl sites for hydroxylation is 1. The third-order valence-corrected chi connectivity index (χ3v) is 9.81. The summed E-state index contributed by atoms with van der Waals surface area (Å²) in [5, 5.41) is 18.7. The number of amides is 1. The molecule has 0 aliphatic carbocycles. The van der Waals surface area contributed by atoms with Crippen LogP contribution in [0.1, 0.15) is 33.5 Å². The van der Waals surface area contributed by atoms with E-state index in [4.69, 9.17) is 9.84 Å². The van der Waals surface area contributed by atoms with Gasteiger partial charge in [0.05, 0.1) is 30.2 Å². The Morgan fingerprint density at radius 1 is 1.13 bits per heavy atom. The van der Waals surface area contributed by atoms with Gasteiger partial charge in [0.25, 0.3) is 5.91 Å². The average molecular weight is 885 g/mol. The number of anilines is 4. The van der Waals surface area contributed by atoms with Crippen LogP contribution in [-0.4, -0.2) is 56.4 Å². The van der Waals surface area contributed by atoms with E-state index in [1.807, 2.05) is 44.1 Å². The molecule has 46 heavy (non-hydrogen) atoms. The predicted molar refractivity (Wildman–Crippen MR) is 181 cm³/mol. The third-order valence-electron chi connectivity index (χ3n) is 7.03. The van der Waals surface area contributed by atoms with Gasteiger partial charge in [0.2, 0.25) is 8.38 Å². The number of nitrogens with one attached hydrogen (secondary N) is 2. The minimum atomic E-state index is -4.89. The summed E-state index contributed by atoms with van der Waals surface area (Å²) in [5.74, 6) is -1.91. The molecule has 2 aromatic heterocycles. The van der Waals surface area contributed by atoms with Crippen LogP contribution in [0.15, 0.2) is 42.9 Å². The Morgan fingerprint density at radius 2 is 1.89 bits per heavy atom. The first-order valence-electron chi connectivity index (χ1n) is 13.6. The summed E-state index contributed by atoms with van der Waals surface area (Å²) in [5.41, 5.74) is 0.406. The Bertz CT molecular complexity index is 1850. The maximum absolute atomic E-state index is 15.8. The highest BCUT2D eigenvalue weighted by Crippen LogP contribution is 2.65. The van der Waals surface area contributed by atoms with E-state index >= 15 is 4.39 Å². The van der Waals surface area contributed by atoms with E-state index in [9.17, 15) is 22.5 Å². The van der Waals surface area contributed by atoms with Crippen molar-refractivity contribution < 1.29 is 36.8 Å². The van der Waals surface area contributed by atoms with Crippen LogP contribution >= 0.6 is 46.5 Å². The highest BCUT2D eigenvalue weighted by atomic mass is 127. The van der Waals surface area contributed by atoms with Crippen molar-refractivity contribution in [2.45, 2.75) is 31.8 Å². The van der Waals surface area contributed by atoms with Crippen LogP contribution in [0.2, 0.25) is 0 Å². The number of hydrogen-bond acceptors (Lipinski definition) is 9. The molecule has 5 rings (SSSR count). The normalized spacial score (nSPS) is 13.2. The van der Waals surface area contributed by atoms with Crippen molar-refractivity contribution in [1.29, 1.82) is 0 Å². The number of hydrogen-bond donors (Lipinski definition) is 3. The van der Waals surface area contributed by atoms with Crippen molar-refractivity contribution in [1.82, 2.24) is 24.6 Å². The van der Waals surface area contributed by atoms with Gasteiger partial charge in [-0.3, -0.25) is 9.48 Å². The molecule has 2 aromatic carbocycles. The third kappa shape index (κ3) is 7.57. The van der Waals surface area contributed by atoms with Crippen LogP contribution < -0.4 is 15.4 Å². The molecule has 3 heterocycles. The summed E-state index contributed by atoms with van der Waals surface area (Å²) in [4.78, 5) is 22.5. The number of alkyl halides is 3. The van der Waals surface area contributed by atoms with Gasteiger partial charge in [-0.15, -0.1) is 0 Å². The number of nitrogens with zero attached hydrogens (tertiary/aromatic N) is 5. The number of aromatic nitrogens is 4. The zero-order chi connectivity index (χ0) is 33.4. The van der Waals surface area contributed by atoms with Crippen molar-refractivity contribution in [2.24, 2.45) is 0 Å². The lowest BCUT2D eigenvalue weighted by Crippen LogP contribution is -2.18. The summed E-state index contributed by atoms with van der Waals surface area (Å²) < 4.78 is 74.9. The second-order valence-corrected chi connectivity index (χ2v) is 26.7. The van der Waals surface area contributed by atoms with E-state index in [0.29, 0.717) is 42.3 Å². The first-order valence-corrected chi connectivity index (χ1v) is 21.0. The van der Waals surface area contributed by atoms with Gasteiger partial charge in [-0.2, -0.15) is 23.3 Å². The molecular weight excluding hydrogens is 859 g/mol. The number of methoxy groups -OCH3 is 1. The molecule has 0 saturated heterocycles. The van der Waals surface area contributed by atoms with Crippen molar-refractivity contribution in [3.05, 3.63) is 70.9 Å². The maximum Gasteiger partial charge on any atom is 0.421 e. The van der Waals surface area contributed by atoms with E-state index in [2.05, 4.69) is 25.7 Å². The largest absolute Gasteiger partial charge is 0.495 e. The van der Waals surface area contributed by atoms with Gasteiger partial charge < -0.3 is 29.9 Å². The number of ether oxygens (including phenoxy) is 1. The lowest BCUT2D eigenvalue weighted by molar-refractivity contribution is -0.137. The van der Waals surface area contributed by atoms with Crippen LogP contribution in [0, 0.1) is 5.82 Å². The van der Waals surface area contributed by atoms with Crippen molar-refractivity contribution in [2.75, 3.05) is 31.4 Å². The number of fused-ring (bicyclic) bond motifs is 1. The smallest absolute Gasteiger partial charge is 0.421 e. The zero-order valence-electron chi connectivity index (χ0n) is 24.2. The molecule has 11 nitrogen and oxygen atoms in total. The highest BCUT2D eigenvalue weighted by molar-refractivity contribution is 14.3. The van der Waals surface area contributed by atoms with Gasteiger partial charge in [0.15, 0.2) is 0 Å². The molecule has 244 valence electrons. The van der Waals surface area contributed by atoms with Gasteiger partial charge in [-0.05, 0) is 35.7 Å². The number of benzene rings is 2. The number of carbonyl (C=O) groups excluding carboxylic acids is 1. The lowest BCUT2D eigenvalue weighted by Gasteiger charge is -2.18. The Morgan fingerprint density at radius 3 is 2.57 bits per heavy atom. The van der Waals surface area contributed by atoms with Crippen LogP contribution in [-0.2, 0) is 30.0 Å². The molecule has 1 aliphatic heterocycles. The van der Waals surface area contributed by atoms with Gasteiger partial charge >= 0.3 is 6.18 Å². The van der Waals surface area contributed by atoms with Gasteiger partial charge in [-0.1, -0.05) is 6.07 Å². The molecule has 18 heteroatoms. The Balaban J connectivity index is 1.54. The monoisotopic (exact) mass is 885 g/mol. The SMILES string of the molecule is COc1cc(CP(=O)(I)I)ccc1Nc1ncc(C(F)(F)F)c(Nc2cc(F)c(-c3cnn(CCCO)c3)c3c2C(=O)N(C)C3)n1. The van der Waals surface area contributed by atoms with E-state index in [-0.39, 0.29) is 41.5 Å². The fourth-order valence-electron chi connectivity index (χ4n) is 5.01. The van der Waals surface area contributed by atoms with Crippen LogP contribution in [0.3, 0.4) is 0 Å². The van der Waals surface area contributed by atoms with Crippen molar-refractivity contribution in [3.8, 4) is 16.9 Å². The quantitative estimate of drug-likeness (QED) is 0.0795. The van der Waals surface area contributed by atoms with Crippen molar-refractivity contribution in [3.63, 3.8) is 0 Å². The van der Waals surface area contributed by atoms with E-state index < -0.39 is 31.7 Å². The van der Waals surface area contributed by atoms with Crippen LogP contribution in [0.25, 0.3) is 11.1 Å². The summed E-state index contributed by atoms with van der Waals surface area (Å²) in [6.07, 6.45) is -0.563. The molecule has 3 N–H and O–H groups in total. The number of rotatable bonds is 11. The summed E-state index contributed by atoms with van der Waals surface area (Å²) in [6, 6.07) is 5.92. The fraction of sp³-hybridized carbons (Fsp3) is 0.286. The Hall–Kier alpha value is -3.03. The molecule has 1 aliphatic rings. The second-order valence-electron chi connectivity index (χ2n) is 10.3. The zero-order valence-corrected chi connectivity index (χ0v) is 29.4. The van der Waals surface area contributed by atoms with E-state index in [0.717, 1.165) is 11.6 Å².